The predicted molar refractivity (Wildman–Crippen MR) is 79.8 cm³/mol. The van der Waals surface area contributed by atoms with Crippen molar-refractivity contribution in [3.05, 3.63) is 27.3 Å². The van der Waals surface area contributed by atoms with E-state index in [1.807, 2.05) is 19.1 Å². The Balaban J connectivity index is 1.90. The highest BCUT2D eigenvalue weighted by Gasteiger charge is 2.14. The van der Waals surface area contributed by atoms with Crippen LogP contribution in [0.5, 0.6) is 0 Å². The molecule has 1 saturated heterocycles. The number of nitrogens with zero attached hydrogens (tertiary/aromatic N) is 1. The number of aryl methyl sites for hydroxylation is 1. The fourth-order valence-electron chi connectivity index (χ4n) is 1.92. The zero-order valence-electron chi connectivity index (χ0n) is 10.4. The van der Waals surface area contributed by atoms with E-state index in [0.717, 1.165) is 37.6 Å². The number of nitrogens with one attached hydrogen (secondary N) is 1. The van der Waals surface area contributed by atoms with E-state index in [2.05, 4.69) is 38.9 Å². The van der Waals surface area contributed by atoms with Crippen molar-refractivity contribution < 1.29 is 9.53 Å². The minimum atomic E-state index is 0.0428. The number of rotatable bonds is 3. The van der Waals surface area contributed by atoms with Gasteiger partial charge in [0.2, 0.25) is 5.91 Å². The molecular weight excluding hydrogens is 343 g/mol. The van der Waals surface area contributed by atoms with Gasteiger partial charge in [-0.3, -0.25) is 9.69 Å². The van der Waals surface area contributed by atoms with Crippen molar-refractivity contribution in [1.29, 1.82) is 0 Å². The first-order valence-corrected chi connectivity index (χ1v) is 7.09. The molecule has 4 nitrogen and oxygen atoms in total. The molecule has 0 saturated carbocycles. The minimum Gasteiger partial charge on any atom is -0.379 e. The highest BCUT2D eigenvalue weighted by atomic mass is 127. The van der Waals surface area contributed by atoms with E-state index < -0.39 is 0 Å². The predicted octanol–water partition coefficient (Wildman–Crippen LogP) is 1.87. The van der Waals surface area contributed by atoms with Gasteiger partial charge in [0.25, 0.3) is 0 Å². The molecule has 5 heteroatoms. The Kier molecular flexibility index (Phi) is 4.96. The van der Waals surface area contributed by atoms with E-state index in [1.54, 1.807) is 0 Å². The van der Waals surface area contributed by atoms with Crippen molar-refractivity contribution in [1.82, 2.24) is 4.90 Å². The van der Waals surface area contributed by atoms with Gasteiger partial charge in [-0.05, 0) is 53.3 Å². The largest absolute Gasteiger partial charge is 0.379 e. The molecule has 1 amide bonds. The lowest BCUT2D eigenvalue weighted by molar-refractivity contribution is -0.118. The first-order valence-electron chi connectivity index (χ1n) is 6.01. The molecule has 0 aromatic heterocycles. The second kappa shape index (κ2) is 6.49. The zero-order chi connectivity index (χ0) is 13.0. The van der Waals surface area contributed by atoms with Crippen LogP contribution in [0.2, 0.25) is 0 Å². The minimum absolute atomic E-state index is 0.0428. The highest BCUT2D eigenvalue weighted by Crippen LogP contribution is 2.17. The fraction of sp³-hybridized carbons (Fsp3) is 0.462. The number of amides is 1. The maximum Gasteiger partial charge on any atom is 0.238 e. The molecule has 0 spiro atoms. The zero-order valence-corrected chi connectivity index (χ0v) is 12.6. The van der Waals surface area contributed by atoms with Crippen molar-refractivity contribution >= 4 is 34.2 Å². The van der Waals surface area contributed by atoms with Crippen LogP contribution in [0.1, 0.15) is 5.56 Å². The second-order valence-corrected chi connectivity index (χ2v) is 5.64. The third-order valence-electron chi connectivity index (χ3n) is 2.93. The molecule has 0 radical (unpaired) electrons. The van der Waals surface area contributed by atoms with Crippen LogP contribution in [0.3, 0.4) is 0 Å². The van der Waals surface area contributed by atoms with Gasteiger partial charge in [-0.2, -0.15) is 0 Å². The SMILES string of the molecule is Cc1cc(I)ccc1NC(=O)CN1CCOCC1. The Morgan fingerprint density at radius 1 is 1.44 bits per heavy atom. The number of ether oxygens (including phenoxy) is 1. The third-order valence-corrected chi connectivity index (χ3v) is 3.60. The highest BCUT2D eigenvalue weighted by molar-refractivity contribution is 14.1. The molecule has 18 heavy (non-hydrogen) atoms. The molecule has 0 atom stereocenters. The quantitative estimate of drug-likeness (QED) is 0.837. The second-order valence-electron chi connectivity index (χ2n) is 4.40. The van der Waals surface area contributed by atoms with Gasteiger partial charge >= 0.3 is 0 Å². The Morgan fingerprint density at radius 3 is 2.83 bits per heavy atom. The molecule has 0 aliphatic carbocycles. The van der Waals surface area contributed by atoms with Crippen LogP contribution < -0.4 is 5.32 Å². The van der Waals surface area contributed by atoms with E-state index in [-0.39, 0.29) is 5.91 Å². The summed E-state index contributed by atoms with van der Waals surface area (Å²) in [7, 11) is 0. The van der Waals surface area contributed by atoms with E-state index in [9.17, 15) is 4.79 Å². The molecular formula is C13H17IN2O2. The summed E-state index contributed by atoms with van der Waals surface area (Å²) in [6.45, 7) is 5.55. The van der Waals surface area contributed by atoms with E-state index >= 15 is 0 Å². The lowest BCUT2D eigenvalue weighted by Gasteiger charge is -2.25. The normalized spacial score (nSPS) is 16.6. The molecule has 1 fully saturated rings. The van der Waals surface area contributed by atoms with Crippen LogP contribution in [0.25, 0.3) is 0 Å². The van der Waals surface area contributed by atoms with Gasteiger partial charge in [0.05, 0.1) is 19.8 Å². The molecule has 98 valence electrons. The van der Waals surface area contributed by atoms with Crippen molar-refractivity contribution in [2.24, 2.45) is 0 Å². The number of hydrogen-bond donors (Lipinski definition) is 1. The average Bonchev–Trinajstić information content (AvgIpc) is 2.34. The van der Waals surface area contributed by atoms with Crippen molar-refractivity contribution in [3.8, 4) is 0 Å². The molecule has 1 aliphatic rings. The molecule has 2 rings (SSSR count). The molecule has 1 heterocycles. The number of carbonyl (C=O) groups excluding carboxylic acids is 1. The van der Waals surface area contributed by atoms with Crippen LogP contribution >= 0.6 is 22.6 Å². The first-order chi connectivity index (χ1) is 8.65. The molecule has 1 N–H and O–H groups in total. The third kappa shape index (κ3) is 3.93. The Bertz CT molecular complexity index is 431. The molecule has 1 aliphatic heterocycles. The molecule has 1 aromatic rings. The Labute approximate surface area is 121 Å². The summed E-state index contributed by atoms with van der Waals surface area (Å²) >= 11 is 2.27. The Hall–Kier alpha value is -0.660. The van der Waals surface area contributed by atoms with Gasteiger partial charge < -0.3 is 10.1 Å². The standard InChI is InChI=1S/C13H17IN2O2/c1-10-8-11(14)2-3-12(10)15-13(17)9-16-4-6-18-7-5-16/h2-3,8H,4-7,9H2,1H3,(H,15,17). The lowest BCUT2D eigenvalue weighted by atomic mass is 10.2. The monoisotopic (exact) mass is 360 g/mol. The number of benzene rings is 1. The van der Waals surface area contributed by atoms with Gasteiger partial charge in [0.1, 0.15) is 0 Å². The van der Waals surface area contributed by atoms with Crippen LogP contribution in [-0.4, -0.2) is 43.7 Å². The van der Waals surface area contributed by atoms with Crippen LogP contribution in [0.15, 0.2) is 18.2 Å². The molecule has 0 bridgehead atoms. The lowest BCUT2D eigenvalue weighted by Crippen LogP contribution is -2.41. The number of anilines is 1. The summed E-state index contributed by atoms with van der Waals surface area (Å²) < 4.78 is 6.43. The number of hydrogen-bond acceptors (Lipinski definition) is 3. The molecule has 1 aromatic carbocycles. The van der Waals surface area contributed by atoms with Crippen LogP contribution in [-0.2, 0) is 9.53 Å². The van der Waals surface area contributed by atoms with Gasteiger partial charge in [-0.25, -0.2) is 0 Å². The van der Waals surface area contributed by atoms with Gasteiger partial charge in [-0.1, -0.05) is 0 Å². The summed E-state index contributed by atoms with van der Waals surface area (Å²) in [5, 5.41) is 2.96. The first kappa shape index (κ1) is 13.8. The summed E-state index contributed by atoms with van der Waals surface area (Å²) in [4.78, 5) is 14.0. The number of halogens is 1. The number of carbonyl (C=O) groups is 1. The smallest absolute Gasteiger partial charge is 0.238 e. The summed E-state index contributed by atoms with van der Waals surface area (Å²) in [6.07, 6.45) is 0. The van der Waals surface area contributed by atoms with E-state index in [0.29, 0.717) is 6.54 Å². The topological polar surface area (TPSA) is 41.6 Å². The summed E-state index contributed by atoms with van der Waals surface area (Å²) in [5.41, 5.74) is 1.99. The van der Waals surface area contributed by atoms with Gasteiger partial charge in [-0.15, -0.1) is 0 Å². The van der Waals surface area contributed by atoms with E-state index in [1.165, 1.54) is 3.57 Å². The maximum absolute atomic E-state index is 11.9. The summed E-state index contributed by atoms with van der Waals surface area (Å²) in [5.74, 6) is 0.0428. The molecule has 0 unspecified atom stereocenters. The van der Waals surface area contributed by atoms with Gasteiger partial charge in [0.15, 0.2) is 0 Å². The Morgan fingerprint density at radius 2 is 2.17 bits per heavy atom. The maximum atomic E-state index is 11.9. The van der Waals surface area contributed by atoms with Crippen LogP contribution in [0.4, 0.5) is 5.69 Å². The average molecular weight is 360 g/mol. The van der Waals surface area contributed by atoms with Crippen molar-refractivity contribution in [2.45, 2.75) is 6.92 Å². The fourth-order valence-corrected chi connectivity index (χ4v) is 2.57. The van der Waals surface area contributed by atoms with E-state index in [4.69, 9.17) is 4.74 Å². The van der Waals surface area contributed by atoms with Gasteiger partial charge in [0, 0.05) is 22.3 Å². The summed E-state index contributed by atoms with van der Waals surface area (Å²) in [6, 6.07) is 6.01. The van der Waals surface area contributed by atoms with Crippen molar-refractivity contribution in [2.75, 3.05) is 38.2 Å². The van der Waals surface area contributed by atoms with Crippen LogP contribution in [0, 0.1) is 10.5 Å². The van der Waals surface area contributed by atoms with Crippen molar-refractivity contribution in [3.63, 3.8) is 0 Å². The number of morpholine rings is 1.